The van der Waals surface area contributed by atoms with Gasteiger partial charge in [0.05, 0.1) is 25.4 Å². The van der Waals surface area contributed by atoms with Gasteiger partial charge < -0.3 is 19.5 Å². The molecular weight excluding hydrogens is 266 g/mol. The minimum absolute atomic E-state index is 0.186. The van der Waals surface area contributed by atoms with Crippen LogP contribution in [0.25, 0.3) is 0 Å². The second-order valence-corrected chi connectivity index (χ2v) is 6.35. The normalized spacial score (nSPS) is 20.5. The molecule has 0 bridgehead atoms. The first kappa shape index (κ1) is 16.3. The van der Waals surface area contributed by atoms with E-state index in [1.807, 2.05) is 39.8 Å². The van der Waals surface area contributed by atoms with E-state index in [-0.39, 0.29) is 18.2 Å². The SMILES string of the molecule is CC(C)Oc1cccc(C(C)NC2COC(C)(C)OC2)c1. The lowest BCUT2D eigenvalue weighted by molar-refractivity contribution is -0.253. The van der Waals surface area contributed by atoms with Gasteiger partial charge in [-0.25, -0.2) is 0 Å². The first-order chi connectivity index (χ1) is 9.85. The van der Waals surface area contributed by atoms with Crippen molar-refractivity contribution in [2.45, 2.75) is 58.6 Å². The van der Waals surface area contributed by atoms with Crippen molar-refractivity contribution in [3.8, 4) is 5.75 Å². The highest BCUT2D eigenvalue weighted by molar-refractivity contribution is 5.30. The van der Waals surface area contributed by atoms with Crippen molar-refractivity contribution in [3.05, 3.63) is 29.8 Å². The molecule has 1 aliphatic heterocycles. The topological polar surface area (TPSA) is 39.7 Å². The third-order valence-electron chi connectivity index (χ3n) is 3.48. The second kappa shape index (κ2) is 6.77. The maximum absolute atomic E-state index is 5.75. The highest BCUT2D eigenvalue weighted by atomic mass is 16.7. The Morgan fingerprint density at radius 2 is 1.86 bits per heavy atom. The van der Waals surface area contributed by atoms with Crippen LogP contribution in [0.4, 0.5) is 0 Å². The van der Waals surface area contributed by atoms with Gasteiger partial charge in [-0.2, -0.15) is 0 Å². The molecule has 2 rings (SSSR count). The molecule has 0 amide bonds. The Morgan fingerprint density at radius 1 is 1.19 bits per heavy atom. The van der Waals surface area contributed by atoms with Gasteiger partial charge in [-0.1, -0.05) is 12.1 Å². The van der Waals surface area contributed by atoms with Crippen LogP contribution in [-0.2, 0) is 9.47 Å². The Balaban J connectivity index is 1.92. The summed E-state index contributed by atoms with van der Waals surface area (Å²) >= 11 is 0. The molecule has 21 heavy (non-hydrogen) atoms. The molecule has 118 valence electrons. The van der Waals surface area contributed by atoms with Crippen LogP contribution in [-0.4, -0.2) is 31.1 Å². The highest BCUT2D eigenvalue weighted by Gasteiger charge is 2.28. The van der Waals surface area contributed by atoms with Crippen LogP contribution in [0.15, 0.2) is 24.3 Å². The average Bonchev–Trinajstić information content (AvgIpc) is 2.41. The van der Waals surface area contributed by atoms with E-state index < -0.39 is 5.79 Å². The molecule has 0 saturated carbocycles. The van der Waals surface area contributed by atoms with E-state index in [1.54, 1.807) is 0 Å². The second-order valence-electron chi connectivity index (χ2n) is 6.35. The highest BCUT2D eigenvalue weighted by Crippen LogP contribution is 2.22. The van der Waals surface area contributed by atoms with Gasteiger partial charge in [-0.05, 0) is 52.3 Å². The van der Waals surface area contributed by atoms with Gasteiger partial charge in [0.25, 0.3) is 0 Å². The molecule has 4 nitrogen and oxygen atoms in total. The van der Waals surface area contributed by atoms with Crippen molar-refractivity contribution in [1.29, 1.82) is 0 Å². The fourth-order valence-electron chi connectivity index (χ4n) is 2.37. The standard InChI is InChI=1S/C17H27NO3/c1-12(2)21-16-8-6-7-14(9-16)13(3)18-15-10-19-17(4,5)20-11-15/h6-9,12-13,15,18H,10-11H2,1-5H3. The van der Waals surface area contributed by atoms with Crippen molar-refractivity contribution >= 4 is 0 Å². The van der Waals surface area contributed by atoms with E-state index in [1.165, 1.54) is 5.56 Å². The van der Waals surface area contributed by atoms with Crippen molar-refractivity contribution in [3.63, 3.8) is 0 Å². The summed E-state index contributed by atoms with van der Waals surface area (Å²) in [5.41, 5.74) is 1.21. The lowest BCUT2D eigenvalue weighted by Gasteiger charge is -2.36. The number of ether oxygens (including phenoxy) is 3. The van der Waals surface area contributed by atoms with Crippen LogP contribution >= 0.6 is 0 Å². The van der Waals surface area contributed by atoms with Crippen LogP contribution in [0.2, 0.25) is 0 Å². The molecule has 1 saturated heterocycles. The molecule has 0 radical (unpaired) electrons. The van der Waals surface area contributed by atoms with Gasteiger partial charge in [-0.15, -0.1) is 0 Å². The van der Waals surface area contributed by atoms with Crippen LogP contribution in [0, 0.1) is 0 Å². The molecule has 1 fully saturated rings. The quantitative estimate of drug-likeness (QED) is 0.904. The number of rotatable bonds is 5. The third-order valence-corrected chi connectivity index (χ3v) is 3.48. The summed E-state index contributed by atoms with van der Waals surface area (Å²) in [5, 5.41) is 3.55. The Labute approximate surface area is 127 Å². The molecule has 1 heterocycles. The number of benzene rings is 1. The van der Waals surface area contributed by atoms with Crippen LogP contribution in [0.3, 0.4) is 0 Å². The van der Waals surface area contributed by atoms with Crippen molar-refractivity contribution < 1.29 is 14.2 Å². The molecule has 0 spiro atoms. The molecule has 1 atom stereocenters. The molecule has 1 aromatic carbocycles. The van der Waals surface area contributed by atoms with Gasteiger partial charge in [0.1, 0.15) is 5.75 Å². The van der Waals surface area contributed by atoms with Crippen LogP contribution in [0.5, 0.6) is 5.75 Å². The van der Waals surface area contributed by atoms with Crippen molar-refractivity contribution in [2.24, 2.45) is 0 Å². The maximum Gasteiger partial charge on any atom is 0.162 e. The monoisotopic (exact) mass is 293 g/mol. The molecule has 0 aliphatic carbocycles. The summed E-state index contributed by atoms with van der Waals surface area (Å²) in [6.45, 7) is 11.4. The van der Waals surface area contributed by atoms with E-state index in [4.69, 9.17) is 14.2 Å². The van der Waals surface area contributed by atoms with Gasteiger partial charge in [0.2, 0.25) is 0 Å². The first-order valence-electron chi connectivity index (χ1n) is 7.66. The molecule has 1 aliphatic rings. The zero-order valence-corrected chi connectivity index (χ0v) is 13.7. The van der Waals surface area contributed by atoms with E-state index >= 15 is 0 Å². The Morgan fingerprint density at radius 3 is 2.48 bits per heavy atom. The lowest BCUT2D eigenvalue weighted by Crippen LogP contribution is -2.49. The zero-order valence-electron chi connectivity index (χ0n) is 13.7. The lowest BCUT2D eigenvalue weighted by atomic mass is 10.1. The summed E-state index contributed by atoms with van der Waals surface area (Å²) in [4.78, 5) is 0. The summed E-state index contributed by atoms with van der Waals surface area (Å²) < 4.78 is 17.1. The van der Waals surface area contributed by atoms with E-state index in [9.17, 15) is 0 Å². The minimum Gasteiger partial charge on any atom is -0.491 e. The van der Waals surface area contributed by atoms with Crippen LogP contribution < -0.4 is 10.1 Å². The Hall–Kier alpha value is -1.10. The molecule has 1 N–H and O–H groups in total. The molecule has 1 unspecified atom stereocenters. The molecule has 4 heteroatoms. The zero-order chi connectivity index (χ0) is 15.5. The smallest absolute Gasteiger partial charge is 0.162 e. The Bertz CT molecular complexity index is 449. The van der Waals surface area contributed by atoms with E-state index in [0.717, 1.165) is 5.75 Å². The van der Waals surface area contributed by atoms with Gasteiger partial charge in [-0.3, -0.25) is 0 Å². The van der Waals surface area contributed by atoms with E-state index in [0.29, 0.717) is 13.2 Å². The van der Waals surface area contributed by atoms with Crippen LogP contribution in [0.1, 0.15) is 46.2 Å². The van der Waals surface area contributed by atoms with Gasteiger partial charge in [0, 0.05) is 6.04 Å². The van der Waals surface area contributed by atoms with E-state index in [2.05, 4.69) is 24.4 Å². The molecule has 1 aromatic rings. The average molecular weight is 293 g/mol. The Kier molecular flexibility index (Phi) is 5.25. The fraction of sp³-hybridized carbons (Fsp3) is 0.647. The van der Waals surface area contributed by atoms with Gasteiger partial charge >= 0.3 is 0 Å². The molecule has 0 aromatic heterocycles. The predicted octanol–water partition coefficient (Wildman–Crippen LogP) is 3.28. The largest absolute Gasteiger partial charge is 0.491 e. The number of hydrogen-bond donors (Lipinski definition) is 1. The minimum atomic E-state index is -0.466. The summed E-state index contributed by atoms with van der Waals surface area (Å²) in [7, 11) is 0. The first-order valence-corrected chi connectivity index (χ1v) is 7.66. The summed E-state index contributed by atoms with van der Waals surface area (Å²) in [5.74, 6) is 0.445. The predicted molar refractivity (Wildman–Crippen MR) is 83.5 cm³/mol. The molecular formula is C17H27NO3. The number of hydrogen-bond acceptors (Lipinski definition) is 4. The fourth-order valence-corrected chi connectivity index (χ4v) is 2.37. The van der Waals surface area contributed by atoms with Crippen molar-refractivity contribution in [1.82, 2.24) is 5.32 Å². The van der Waals surface area contributed by atoms with Gasteiger partial charge in [0.15, 0.2) is 5.79 Å². The summed E-state index contributed by atoms with van der Waals surface area (Å²) in [6.07, 6.45) is 0.186. The summed E-state index contributed by atoms with van der Waals surface area (Å²) in [6, 6.07) is 8.65. The third kappa shape index (κ3) is 4.99. The maximum atomic E-state index is 5.75. The van der Waals surface area contributed by atoms with Crippen molar-refractivity contribution in [2.75, 3.05) is 13.2 Å². The number of nitrogens with one attached hydrogen (secondary N) is 1.